The number of aromatic nitrogens is 2. The number of hydrogen-bond acceptors (Lipinski definition) is 9. The summed E-state index contributed by atoms with van der Waals surface area (Å²) < 4.78 is 1.46. The quantitative estimate of drug-likeness (QED) is 0.577. The molecule has 4 rings (SSSR count). The fourth-order valence-electron chi connectivity index (χ4n) is 3.78. The molecule has 1 aromatic heterocycles. The smallest absolute Gasteiger partial charge is 0.227 e. The van der Waals surface area contributed by atoms with E-state index in [-0.39, 0.29) is 17.4 Å². The van der Waals surface area contributed by atoms with Gasteiger partial charge in [-0.2, -0.15) is 5.26 Å². The van der Waals surface area contributed by atoms with Crippen molar-refractivity contribution in [2.24, 2.45) is 11.5 Å². The van der Waals surface area contributed by atoms with Gasteiger partial charge in [0.25, 0.3) is 0 Å². The number of halogens is 1. The van der Waals surface area contributed by atoms with E-state index in [9.17, 15) is 14.9 Å². The maximum atomic E-state index is 13.1. The molecule has 1 unspecified atom stereocenters. The first-order valence-corrected chi connectivity index (χ1v) is 12.0. The van der Waals surface area contributed by atoms with Gasteiger partial charge in [0.05, 0.1) is 23.3 Å². The van der Waals surface area contributed by atoms with Gasteiger partial charge in [-0.1, -0.05) is 51.2 Å². The fourth-order valence-corrected chi connectivity index (χ4v) is 5.66. The molecule has 0 saturated heterocycles. The number of benzene rings is 1. The van der Waals surface area contributed by atoms with E-state index in [1.54, 1.807) is 4.90 Å². The SMILES string of the molecule is N#CC1=C(N)N(c2nnc(SCC(N)=O)s2)C2=C(C(=O)CCC2)C1c1ccc(Br)cc1. The molecule has 11 heteroatoms. The van der Waals surface area contributed by atoms with Crippen LogP contribution in [0.4, 0.5) is 5.13 Å². The average molecular weight is 517 g/mol. The molecule has 1 amide bonds. The van der Waals surface area contributed by atoms with E-state index < -0.39 is 11.8 Å². The van der Waals surface area contributed by atoms with E-state index in [4.69, 9.17) is 11.5 Å². The predicted molar refractivity (Wildman–Crippen MR) is 122 cm³/mol. The Balaban J connectivity index is 1.83. The number of nitriles is 1. The Morgan fingerprint density at radius 2 is 2.06 bits per heavy atom. The van der Waals surface area contributed by atoms with E-state index in [2.05, 4.69) is 32.2 Å². The van der Waals surface area contributed by atoms with Crippen LogP contribution >= 0.6 is 39.0 Å². The van der Waals surface area contributed by atoms with Crippen molar-refractivity contribution in [2.75, 3.05) is 10.7 Å². The van der Waals surface area contributed by atoms with Crippen LogP contribution in [0.15, 0.2) is 55.7 Å². The van der Waals surface area contributed by atoms with Crippen molar-refractivity contribution >= 4 is 55.9 Å². The second kappa shape index (κ2) is 8.82. The second-order valence-electron chi connectivity index (χ2n) is 6.97. The number of nitrogens with two attached hydrogens (primary N) is 2. The van der Waals surface area contributed by atoms with Crippen molar-refractivity contribution in [3.8, 4) is 6.07 Å². The molecule has 0 radical (unpaired) electrons. The van der Waals surface area contributed by atoms with Crippen molar-refractivity contribution in [3.05, 3.63) is 57.0 Å². The Morgan fingerprint density at radius 3 is 2.74 bits per heavy atom. The summed E-state index contributed by atoms with van der Waals surface area (Å²) in [5.41, 5.74) is 14.2. The molecule has 8 nitrogen and oxygen atoms in total. The Bertz CT molecular complexity index is 1170. The van der Waals surface area contributed by atoms with Crippen LogP contribution in [0.25, 0.3) is 0 Å². The number of hydrogen-bond donors (Lipinski definition) is 2. The largest absolute Gasteiger partial charge is 0.384 e. The number of thioether (sulfide) groups is 1. The third-order valence-corrected chi connectivity index (χ3v) is 7.63. The average Bonchev–Trinajstić information content (AvgIpc) is 3.21. The molecule has 0 fully saturated rings. The lowest BCUT2D eigenvalue weighted by atomic mass is 9.76. The number of amides is 1. The van der Waals surface area contributed by atoms with Gasteiger partial charge in [0.15, 0.2) is 10.1 Å². The lowest BCUT2D eigenvalue weighted by Gasteiger charge is -2.38. The lowest BCUT2D eigenvalue weighted by molar-refractivity contribution is -0.116. The summed E-state index contributed by atoms with van der Waals surface area (Å²) in [5.74, 6) is -0.639. The van der Waals surface area contributed by atoms with E-state index in [0.29, 0.717) is 39.9 Å². The molecule has 2 aliphatic rings. The van der Waals surface area contributed by atoms with Crippen molar-refractivity contribution in [3.63, 3.8) is 0 Å². The van der Waals surface area contributed by atoms with Crippen LogP contribution in [0.2, 0.25) is 0 Å². The van der Waals surface area contributed by atoms with Crippen LogP contribution < -0.4 is 16.4 Å². The molecular formula is C20H17BrN6O2S2. The first kappa shape index (κ1) is 21.5. The molecule has 1 atom stereocenters. The third kappa shape index (κ3) is 4.11. The Labute approximate surface area is 195 Å². The minimum absolute atomic E-state index is 0.00672. The number of carbonyl (C=O) groups is 2. The normalized spacial score (nSPS) is 18.8. The Morgan fingerprint density at radius 1 is 1.32 bits per heavy atom. The first-order valence-electron chi connectivity index (χ1n) is 9.37. The van der Waals surface area contributed by atoms with Crippen LogP contribution in [0.3, 0.4) is 0 Å². The molecular weight excluding hydrogens is 500 g/mol. The van der Waals surface area contributed by atoms with Crippen molar-refractivity contribution in [1.29, 1.82) is 5.26 Å². The number of primary amides is 1. The summed E-state index contributed by atoms with van der Waals surface area (Å²) in [7, 11) is 0. The number of anilines is 1. The number of Topliss-reactive ketones (excluding diaryl/α,β-unsaturated/α-hetero) is 1. The highest BCUT2D eigenvalue weighted by atomic mass is 79.9. The van der Waals surface area contributed by atoms with Gasteiger partial charge < -0.3 is 11.5 Å². The summed E-state index contributed by atoms with van der Waals surface area (Å²) in [4.78, 5) is 25.8. The summed E-state index contributed by atoms with van der Waals surface area (Å²) >= 11 is 5.85. The van der Waals surface area contributed by atoms with Gasteiger partial charge in [0.1, 0.15) is 5.82 Å². The fraction of sp³-hybridized carbons (Fsp3) is 0.250. The van der Waals surface area contributed by atoms with Gasteiger partial charge >= 0.3 is 0 Å². The maximum Gasteiger partial charge on any atom is 0.227 e. The monoisotopic (exact) mass is 516 g/mol. The zero-order chi connectivity index (χ0) is 22.1. The highest BCUT2D eigenvalue weighted by molar-refractivity contribution is 9.10. The molecule has 158 valence electrons. The van der Waals surface area contributed by atoms with Crippen molar-refractivity contribution < 1.29 is 9.59 Å². The van der Waals surface area contributed by atoms with Gasteiger partial charge in [-0.3, -0.25) is 14.5 Å². The summed E-state index contributed by atoms with van der Waals surface area (Å²) in [6.07, 6.45) is 1.75. The van der Waals surface area contributed by atoms with Crippen LogP contribution in [-0.4, -0.2) is 27.6 Å². The van der Waals surface area contributed by atoms with Crippen LogP contribution in [-0.2, 0) is 9.59 Å². The first-order chi connectivity index (χ1) is 14.9. The van der Waals surface area contributed by atoms with Gasteiger partial charge in [0, 0.05) is 22.2 Å². The standard InChI is InChI=1S/C20H17BrN6O2S2/c21-11-6-4-10(5-7-11)16-12(8-22)18(24)27(13-2-1-3-14(28)17(13)16)19-25-26-20(31-19)30-9-15(23)29/h4-7,16H,1-3,9,24H2,(H2,23,29). The summed E-state index contributed by atoms with van der Waals surface area (Å²) in [6, 6.07) is 9.77. The van der Waals surface area contributed by atoms with Gasteiger partial charge in [-0.25, -0.2) is 0 Å². The number of nitrogens with zero attached hydrogens (tertiary/aromatic N) is 4. The van der Waals surface area contributed by atoms with E-state index in [1.807, 2.05) is 24.3 Å². The lowest BCUT2D eigenvalue weighted by Crippen LogP contribution is -2.38. The molecule has 4 N–H and O–H groups in total. The number of ketones is 1. The second-order valence-corrected chi connectivity index (χ2v) is 10.1. The zero-order valence-electron chi connectivity index (χ0n) is 16.2. The van der Waals surface area contributed by atoms with Crippen LogP contribution in [0.5, 0.6) is 0 Å². The molecule has 2 heterocycles. The molecule has 0 spiro atoms. The number of rotatable bonds is 5. The van der Waals surface area contributed by atoms with E-state index in [1.165, 1.54) is 23.1 Å². The van der Waals surface area contributed by atoms with Crippen molar-refractivity contribution in [2.45, 2.75) is 29.5 Å². The van der Waals surface area contributed by atoms with E-state index in [0.717, 1.165) is 15.7 Å². The van der Waals surface area contributed by atoms with Gasteiger partial charge in [-0.15, -0.1) is 10.2 Å². The Kier molecular flexibility index (Phi) is 6.13. The topological polar surface area (TPSA) is 139 Å². The molecule has 0 bridgehead atoms. The molecule has 0 saturated carbocycles. The van der Waals surface area contributed by atoms with Crippen LogP contribution in [0, 0.1) is 11.3 Å². The van der Waals surface area contributed by atoms with Gasteiger partial charge in [0.2, 0.25) is 11.0 Å². The van der Waals surface area contributed by atoms with Crippen LogP contribution in [0.1, 0.15) is 30.7 Å². The number of carbonyl (C=O) groups excluding carboxylic acids is 2. The molecule has 1 aliphatic heterocycles. The third-order valence-electron chi connectivity index (χ3n) is 5.04. The van der Waals surface area contributed by atoms with Crippen molar-refractivity contribution in [1.82, 2.24) is 10.2 Å². The Hall–Kier alpha value is -2.68. The van der Waals surface area contributed by atoms with E-state index >= 15 is 0 Å². The summed E-state index contributed by atoms with van der Waals surface area (Å²) in [6.45, 7) is 0. The zero-order valence-corrected chi connectivity index (χ0v) is 19.4. The minimum atomic E-state index is -0.520. The maximum absolute atomic E-state index is 13.1. The highest BCUT2D eigenvalue weighted by Gasteiger charge is 2.41. The number of allylic oxidation sites excluding steroid dienone is 3. The highest BCUT2D eigenvalue weighted by Crippen LogP contribution is 2.47. The molecule has 2 aromatic rings. The van der Waals surface area contributed by atoms with Gasteiger partial charge in [-0.05, 0) is 30.5 Å². The predicted octanol–water partition coefficient (Wildman–Crippen LogP) is 3.18. The molecule has 31 heavy (non-hydrogen) atoms. The molecule has 1 aliphatic carbocycles. The summed E-state index contributed by atoms with van der Waals surface area (Å²) in [5, 5.41) is 18.8. The molecule has 1 aromatic carbocycles. The minimum Gasteiger partial charge on any atom is -0.384 e.